The maximum absolute atomic E-state index is 12.9. The molecule has 8 nitrogen and oxygen atoms in total. The zero-order chi connectivity index (χ0) is 22.8. The van der Waals surface area contributed by atoms with Crippen molar-refractivity contribution in [3.8, 4) is 22.6 Å². The SMILES string of the molecule is COc1cccc(-c2ccc3nc([C@@H]4CCCN(C(=O)c5ccncc5)C4)nn3c2)c1OC. The van der Waals surface area contributed by atoms with Gasteiger partial charge in [-0.05, 0) is 43.2 Å². The van der Waals surface area contributed by atoms with Gasteiger partial charge in [0.1, 0.15) is 0 Å². The number of carbonyl (C=O) groups excluding carboxylic acids is 1. The van der Waals surface area contributed by atoms with E-state index in [-0.39, 0.29) is 11.8 Å². The number of likely N-dealkylation sites (tertiary alicyclic amines) is 1. The summed E-state index contributed by atoms with van der Waals surface area (Å²) in [6.45, 7) is 1.35. The number of hydrogen-bond acceptors (Lipinski definition) is 6. The van der Waals surface area contributed by atoms with Crippen molar-refractivity contribution in [3.63, 3.8) is 0 Å². The van der Waals surface area contributed by atoms with Crippen LogP contribution in [0.2, 0.25) is 0 Å². The highest BCUT2D eigenvalue weighted by molar-refractivity contribution is 5.94. The fourth-order valence-electron chi connectivity index (χ4n) is 4.40. The van der Waals surface area contributed by atoms with Gasteiger partial charge in [0.25, 0.3) is 5.91 Å². The highest BCUT2D eigenvalue weighted by Gasteiger charge is 2.28. The molecule has 33 heavy (non-hydrogen) atoms. The van der Waals surface area contributed by atoms with Crippen molar-refractivity contribution in [2.45, 2.75) is 18.8 Å². The van der Waals surface area contributed by atoms with Crippen LogP contribution in [-0.2, 0) is 0 Å². The van der Waals surface area contributed by atoms with Crippen molar-refractivity contribution in [1.82, 2.24) is 24.5 Å². The summed E-state index contributed by atoms with van der Waals surface area (Å²) in [6, 6.07) is 13.3. The second-order valence-electron chi connectivity index (χ2n) is 8.06. The summed E-state index contributed by atoms with van der Waals surface area (Å²) in [6.07, 6.45) is 7.11. The molecular formula is C25H25N5O3. The zero-order valence-electron chi connectivity index (χ0n) is 18.6. The molecule has 168 valence electrons. The topological polar surface area (TPSA) is 81.9 Å². The predicted molar refractivity (Wildman–Crippen MR) is 124 cm³/mol. The van der Waals surface area contributed by atoms with E-state index in [0.717, 1.165) is 42.0 Å². The molecule has 1 fully saturated rings. The van der Waals surface area contributed by atoms with E-state index in [2.05, 4.69) is 4.98 Å². The van der Waals surface area contributed by atoms with Crippen molar-refractivity contribution in [3.05, 3.63) is 72.4 Å². The van der Waals surface area contributed by atoms with Crippen LogP contribution in [0.4, 0.5) is 0 Å². The van der Waals surface area contributed by atoms with Crippen LogP contribution in [0.15, 0.2) is 61.1 Å². The second kappa shape index (κ2) is 8.90. The van der Waals surface area contributed by atoms with Crippen molar-refractivity contribution < 1.29 is 14.3 Å². The van der Waals surface area contributed by atoms with E-state index in [9.17, 15) is 4.79 Å². The number of benzene rings is 1. The Balaban J connectivity index is 1.42. The number of methoxy groups -OCH3 is 2. The minimum Gasteiger partial charge on any atom is -0.493 e. The van der Waals surface area contributed by atoms with Crippen molar-refractivity contribution >= 4 is 11.6 Å². The fourth-order valence-corrected chi connectivity index (χ4v) is 4.40. The number of carbonyl (C=O) groups is 1. The van der Waals surface area contributed by atoms with Crippen molar-refractivity contribution in [1.29, 1.82) is 0 Å². The average molecular weight is 444 g/mol. The Morgan fingerprint density at radius 3 is 2.70 bits per heavy atom. The summed E-state index contributed by atoms with van der Waals surface area (Å²) in [5.41, 5.74) is 3.30. The molecule has 1 saturated heterocycles. The highest BCUT2D eigenvalue weighted by Crippen LogP contribution is 2.37. The molecule has 1 aliphatic rings. The standard InChI is InChI=1S/C25H25N5O3/c1-32-21-7-3-6-20(23(21)33-2)18-8-9-22-27-24(28-30(22)16-18)19-5-4-14-29(15-19)25(31)17-10-12-26-13-11-17/h3,6-13,16,19H,4-5,14-15H2,1-2H3/t19-/m1/s1. The number of nitrogens with zero attached hydrogens (tertiary/aromatic N) is 5. The summed E-state index contributed by atoms with van der Waals surface area (Å²) >= 11 is 0. The molecule has 1 aromatic carbocycles. The number of piperidine rings is 1. The van der Waals surface area contributed by atoms with Crippen LogP contribution in [0.25, 0.3) is 16.8 Å². The van der Waals surface area contributed by atoms with Crippen LogP contribution in [0.3, 0.4) is 0 Å². The minimum atomic E-state index is 0.0262. The average Bonchev–Trinajstić information content (AvgIpc) is 3.32. The van der Waals surface area contributed by atoms with Gasteiger partial charge < -0.3 is 14.4 Å². The number of hydrogen-bond donors (Lipinski definition) is 0. The van der Waals surface area contributed by atoms with E-state index >= 15 is 0 Å². The molecule has 0 saturated carbocycles. The van der Waals surface area contributed by atoms with Crippen molar-refractivity contribution in [2.24, 2.45) is 0 Å². The Bertz CT molecular complexity index is 1290. The summed E-state index contributed by atoms with van der Waals surface area (Å²) in [5, 5.41) is 4.77. The van der Waals surface area contributed by atoms with E-state index in [1.807, 2.05) is 41.4 Å². The lowest BCUT2D eigenvalue weighted by Crippen LogP contribution is -2.39. The van der Waals surface area contributed by atoms with Crippen LogP contribution < -0.4 is 9.47 Å². The highest BCUT2D eigenvalue weighted by atomic mass is 16.5. The summed E-state index contributed by atoms with van der Waals surface area (Å²) in [7, 11) is 3.26. The summed E-state index contributed by atoms with van der Waals surface area (Å²) in [4.78, 5) is 23.5. The monoisotopic (exact) mass is 443 g/mol. The minimum absolute atomic E-state index is 0.0262. The maximum Gasteiger partial charge on any atom is 0.253 e. The Morgan fingerprint density at radius 1 is 1.06 bits per heavy atom. The van der Waals surface area contributed by atoms with Crippen LogP contribution >= 0.6 is 0 Å². The van der Waals surface area contributed by atoms with Gasteiger partial charge in [0.05, 0.1) is 14.2 Å². The third-order valence-electron chi connectivity index (χ3n) is 6.06. The van der Waals surface area contributed by atoms with Gasteiger partial charge in [-0.25, -0.2) is 9.50 Å². The number of ether oxygens (including phenoxy) is 2. The molecule has 1 aliphatic heterocycles. The van der Waals surface area contributed by atoms with Gasteiger partial charge in [-0.1, -0.05) is 12.1 Å². The molecule has 8 heteroatoms. The lowest BCUT2D eigenvalue weighted by Gasteiger charge is -2.31. The predicted octanol–water partition coefficient (Wildman–Crippen LogP) is 3.83. The van der Waals surface area contributed by atoms with E-state index in [1.54, 1.807) is 43.3 Å². The first-order valence-corrected chi connectivity index (χ1v) is 10.9. The molecule has 1 atom stereocenters. The fraction of sp³-hybridized carbons (Fsp3) is 0.280. The summed E-state index contributed by atoms with van der Waals surface area (Å²) in [5.74, 6) is 2.24. The number of pyridine rings is 2. The molecule has 0 unspecified atom stereocenters. The van der Waals surface area contributed by atoms with Gasteiger partial charge in [0.15, 0.2) is 23.0 Å². The quantitative estimate of drug-likeness (QED) is 0.466. The molecule has 5 rings (SSSR count). The molecule has 1 amide bonds. The van der Waals surface area contributed by atoms with Gasteiger partial charge >= 0.3 is 0 Å². The third kappa shape index (κ3) is 4.00. The lowest BCUT2D eigenvalue weighted by molar-refractivity contribution is 0.0704. The molecule has 0 N–H and O–H groups in total. The maximum atomic E-state index is 12.9. The van der Waals surface area contributed by atoms with E-state index in [0.29, 0.717) is 23.6 Å². The lowest BCUT2D eigenvalue weighted by atomic mass is 9.97. The number of amides is 1. The molecular weight excluding hydrogens is 418 g/mol. The molecule has 4 aromatic rings. The Hall–Kier alpha value is -3.94. The Labute approximate surface area is 191 Å². The van der Waals surface area contributed by atoms with E-state index in [1.165, 1.54) is 0 Å². The van der Waals surface area contributed by atoms with Crippen molar-refractivity contribution in [2.75, 3.05) is 27.3 Å². The van der Waals surface area contributed by atoms with E-state index < -0.39 is 0 Å². The number of para-hydroxylation sites is 1. The van der Waals surface area contributed by atoms with E-state index in [4.69, 9.17) is 19.6 Å². The first-order valence-electron chi connectivity index (χ1n) is 10.9. The van der Waals surface area contributed by atoms with Crippen LogP contribution in [0.1, 0.15) is 34.9 Å². The number of rotatable bonds is 5. The van der Waals surface area contributed by atoms with Crippen LogP contribution in [-0.4, -0.2) is 57.7 Å². The van der Waals surface area contributed by atoms with Gasteiger partial charge in [0.2, 0.25) is 0 Å². The normalized spacial score (nSPS) is 16.1. The molecule has 3 aromatic heterocycles. The largest absolute Gasteiger partial charge is 0.493 e. The number of fused-ring (bicyclic) bond motifs is 1. The molecule has 0 bridgehead atoms. The van der Waals surface area contributed by atoms with Crippen LogP contribution in [0.5, 0.6) is 11.5 Å². The molecule has 0 aliphatic carbocycles. The molecule has 0 spiro atoms. The van der Waals surface area contributed by atoms with Gasteiger partial charge in [-0.2, -0.15) is 5.10 Å². The first kappa shape index (κ1) is 20.9. The third-order valence-corrected chi connectivity index (χ3v) is 6.06. The molecule has 4 heterocycles. The van der Waals surface area contributed by atoms with Gasteiger partial charge in [0, 0.05) is 54.3 Å². The Kier molecular flexibility index (Phi) is 5.64. The first-order chi connectivity index (χ1) is 16.2. The Morgan fingerprint density at radius 2 is 1.91 bits per heavy atom. The van der Waals surface area contributed by atoms with Gasteiger partial charge in [-0.15, -0.1) is 0 Å². The second-order valence-corrected chi connectivity index (χ2v) is 8.06. The van der Waals surface area contributed by atoms with Gasteiger partial charge in [-0.3, -0.25) is 9.78 Å². The molecule has 0 radical (unpaired) electrons. The summed E-state index contributed by atoms with van der Waals surface area (Å²) < 4.78 is 12.8. The van der Waals surface area contributed by atoms with Crippen LogP contribution in [0, 0.1) is 0 Å². The number of aromatic nitrogens is 4. The zero-order valence-corrected chi connectivity index (χ0v) is 18.6. The smallest absolute Gasteiger partial charge is 0.253 e.